The number of aliphatic hydroxyl groups excluding tert-OH is 1. The van der Waals surface area contributed by atoms with Crippen LogP contribution in [0.25, 0.3) is 0 Å². The van der Waals surface area contributed by atoms with Gasteiger partial charge >= 0.3 is 0 Å². The molecule has 0 aromatic heterocycles. The van der Waals surface area contributed by atoms with Crippen molar-refractivity contribution >= 4 is 0 Å². The van der Waals surface area contributed by atoms with Gasteiger partial charge < -0.3 is 9.84 Å². The molecule has 0 amide bonds. The minimum atomic E-state index is -0.421. The van der Waals surface area contributed by atoms with Gasteiger partial charge in [0, 0.05) is 0 Å². The highest BCUT2D eigenvalue weighted by atomic mass is 16.6. The number of epoxide rings is 1. The van der Waals surface area contributed by atoms with Gasteiger partial charge in [0.15, 0.2) is 0 Å². The maximum atomic E-state index is 9.40. The lowest BCUT2D eigenvalue weighted by Crippen LogP contribution is -2.20. The SMILES string of the molecule is CC(C)[C@@H]1O[C@]1(CO)c1ccccc1. The van der Waals surface area contributed by atoms with Crippen LogP contribution in [0.4, 0.5) is 0 Å². The van der Waals surface area contributed by atoms with E-state index in [-0.39, 0.29) is 12.7 Å². The maximum Gasteiger partial charge on any atom is 0.143 e. The molecule has 1 aromatic rings. The molecule has 14 heavy (non-hydrogen) atoms. The third-order valence-electron chi connectivity index (χ3n) is 2.84. The minimum absolute atomic E-state index is 0.0693. The number of hydrogen-bond acceptors (Lipinski definition) is 2. The van der Waals surface area contributed by atoms with Crippen LogP contribution in [-0.4, -0.2) is 17.8 Å². The molecule has 2 nitrogen and oxygen atoms in total. The molecule has 2 heteroatoms. The molecule has 1 aliphatic heterocycles. The molecule has 1 saturated heterocycles. The Labute approximate surface area is 84.5 Å². The Hall–Kier alpha value is -0.860. The Morgan fingerprint density at radius 1 is 1.36 bits per heavy atom. The second-order valence-corrected chi connectivity index (χ2v) is 4.20. The minimum Gasteiger partial charge on any atom is -0.393 e. The molecule has 1 aliphatic rings. The Morgan fingerprint density at radius 3 is 2.43 bits per heavy atom. The summed E-state index contributed by atoms with van der Waals surface area (Å²) in [7, 11) is 0. The lowest BCUT2D eigenvalue weighted by atomic mass is 9.91. The summed E-state index contributed by atoms with van der Waals surface area (Å²) >= 11 is 0. The van der Waals surface area contributed by atoms with Crippen molar-refractivity contribution in [2.45, 2.75) is 25.6 Å². The zero-order valence-corrected chi connectivity index (χ0v) is 8.60. The monoisotopic (exact) mass is 192 g/mol. The normalized spacial score (nSPS) is 30.7. The molecule has 0 radical (unpaired) electrons. The molecule has 0 aliphatic carbocycles. The summed E-state index contributed by atoms with van der Waals surface area (Å²) in [6, 6.07) is 9.95. The van der Waals surface area contributed by atoms with Crippen LogP contribution in [-0.2, 0) is 10.3 Å². The van der Waals surface area contributed by atoms with Crippen LogP contribution in [0.5, 0.6) is 0 Å². The van der Waals surface area contributed by atoms with E-state index in [1.807, 2.05) is 30.3 Å². The Kier molecular flexibility index (Phi) is 2.33. The molecule has 0 unspecified atom stereocenters. The van der Waals surface area contributed by atoms with Crippen LogP contribution >= 0.6 is 0 Å². The van der Waals surface area contributed by atoms with Crippen molar-refractivity contribution in [1.29, 1.82) is 0 Å². The average Bonchev–Trinajstić information content (AvgIpc) is 2.95. The van der Waals surface area contributed by atoms with Crippen LogP contribution in [0.1, 0.15) is 19.4 Å². The second kappa shape index (κ2) is 3.37. The van der Waals surface area contributed by atoms with Crippen LogP contribution in [0, 0.1) is 5.92 Å². The molecular formula is C12H16O2. The summed E-state index contributed by atoms with van der Waals surface area (Å²) in [6.07, 6.45) is 0.162. The van der Waals surface area contributed by atoms with Crippen molar-refractivity contribution in [3.8, 4) is 0 Å². The van der Waals surface area contributed by atoms with Crippen LogP contribution in [0.2, 0.25) is 0 Å². The average molecular weight is 192 g/mol. The fourth-order valence-electron chi connectivity index (χ4n) is 2.04. The molecule has 1 heterocycles. The van der Waals surface area contributed by atoms with Gasteiger partial charge in [0.05, 0.1) is 12.7 Å². The molecule has 2 atom stereocenters. The van der Waals surface area contributed by atoms with Crippen molar-refractivity contribution in [3.63, 3.8) is 0 Å². The highest BCUT2D eigenvalue weighted by molar-refractivity contribution is 5.29. The molecule has 1 N–H and O–H groups in total. The smallest absolute Gasteiger partial charge is 0.143 e. The van der Waals surface area contributed by atoms with Crippen LogP contribution in [0.15, 0.2) is 30.3 Å². The zero-order valence-electron chi connectivity index (χ0n) is 8.60. The first-order valence-electron chi connectivity index (χ1n) is 5.05. The first-order chi connectivity index (χ1) is 6.70. The number of hydrogen-bond donors (Lipinski definition) is 1. The van der Waals surface area contributed by atoms with E-state index in [9.17, 15) is 5.11 Å². The zero-order chi connectivity index (χ0) is 10.2. The number of aliphatic hydroxyl groups is 1. The fraction of sp³-hybridized carbons (Fsp3) is 0.500. The Balaban J connectivity index is 2.25. The molecule has 1 fully saturated rings. The summed E-state index contributed by atoms with van der Waals surface area (Å²) < 4.78 is 5.65. The molecular weight excluding hydrogens is 176 g/mol. The van der Waals surface area contributed by atoms with Gasteiger partial charge in [0.2, 0.25) is 0 Å². The summed E-state index contributed by atoms with van der Waals surface area (Å²) in [5.74, 6) is 0.447. The van der Waals surface area contributed by atoms with Gasteiger partial charge in [0.1, 0.15) is 5.60 Å². The van der Waals surface area contributed by atoms with E-state index >= 15 is 0 Å². The first kappa shape index (κ1) is 9.69. The van der Waals surface area contributed by atoms with E-state index in [1.54, 1.807) is 0 Å². The first-order valence-corrected chi connectivity index (χ1v) is 5.05. The van der Waals surface area contributed by atoms with Crippen molar-refractivity contribution in [2.24, 2.45) is 5.92 Å². The summed E-state index contributed by atoms with van der Waals surface area (Å²) in [5.41, 5.74) is 0.663. The number of rotatable bonds is 3. The maximum absolute atomic E-state index is 9.40. The predicted molar refractivity (Wildman–Crippen MR) is 54.9 cm³/mol. The lowest BCUT2D eigenvalue weighted by molar-refractivity contribution is 0.171. The quantitative estimate of drug-likeness (QED) is 0.742. The van der Waals surface area contributed by atoms with E-state index < -0.39 is 5.60 Å². The van der Waals surface area contributed by atoms with Crippen molar-refractivity contribution in [1.82, 2.24) is 0 Å². The van der Waals surface area contributed by atoms with Gasteiger partial charge in [0.25, 0.3) is 0 Å². The molecule has 2 rings (SSSR count). The molecule has 0 spiro atoms. The third kappa shape index (κ3) is 1.35. The van der Waals surface area contributed by atoms with Crippen molar-refractivity contribution in [3.05, 3.63) is 35.9 Å². The third-order valence-corrected chi connectivity index (χ3v) is 2.84. The van der Waals surface area contributed by atoms with E-state index in [0.717, 1.165) is 5.56 Å². The highest BCUT2D eigenvalue weighted by Gasteiger charge is 2.58. The number of benzene rings is 1. The van der Waals surface area contributed by atoms with Crippen LogP contribution in [0.3, 0.4) is 0 Å². The molecule has 1 aromatic carbocycles. The second-order valence-electron chi connectivity index (χ2n) is 4.20. The van der Waals surface area contributed by atoms with E-state index in [2.05, 4.69) is 13.8 Å². The molecule has 76 valence electrons. The highest BCUT2D eigenvalue weighted by Crippen LogP contribution is 2.49. The standard InChI is InChI=1S/C12H16O2/c1-9(2)11-12(8-13,14-11)10-6-4-3-5-7-10/h3-7,9,11,13H,8H2,1-2H3/t11-,12+/m0/s1. The largest absolute Gasteiger partial charge is 0.393 e. The lowest BCUT2D eigenvalue weighted by Gasteiger charge is -2.11. The van der Waals surface area contributed by atoms with Gasteiger partial charge in [-0.3, -0.25) is 0 Å². The Bertz CT molecular complexity index is 307. The van der Waals surface area contributed by atoms with E-state index in [1.165, 1.54) is 0 Å². The van der Waals surface area contributed by atoms with Crippen molar-refractivity contribution < 1.29 is 9.84 Å². The summed E-state index contributed by atoms with van der Waals surface area (Å²) in [4.78, 5) is 0. The predicted octanol–water partition coefficient (Wildman–Crippen LogP) is 1.93. The van der Waals surface area contributed by atoms with Gasteiger partial charge in [-0.15, -0.1) is 0 Å². The van der Waals surface area contributed by atoms with E-state index in [4.69, 9.17) is 4.74 Å². The van der Waals surface area contributed by atoms with Gasteiger partial charge in [-0.05, 0) is 11.5 Å². The van der Waals surface area contributed by atoms with Crippen LogP contribution < -0.4 is 0 Å². The summed E-state index contributed by atoms with van der Waals surface area (Å²) in [6.45, 7) is 4.30. The summed E-state index contributed by atoms with van der Waals surface area (Å²) in [5, 5.41) is 9.40. The Morgan fingerprint density at radius 2 is 2.00 bits per heavy atom. The van der Waals surface area contributed by atoms with Gasteiger partial charge in [-0.2, -0.15) is 0 Å². The van der Waals surface area contributed by atoms with E-state index in [0.29, 0.717) is 5.92 Å². The molecule has 0 bridgehead atoms. The molecule has 0 saturated carbocycles. The van der Waals surface area contributed by atoms with Gasteiger partial charge in [-0.1, -0.05) is 44.2 Å². The van der Waals surface area contributed by atoms with Gasteiger partial charge in [-0.25, -0.2) is 0 Å². The topological polar surface area (TPSA) is 32.8 Å². The fourth-order valence-corrected chi connectivity index (χ4v) is 2.04. The number of ether oxygens (including phenoxy) is 1. The van der Waals surface area contributed by atoms with Crippen molar-refractivity contribution in [2.75, 3.05) is 6.61 Å².